The molecule has 1 aromatic rings. The van der Waals surface area contributed by atoms with Crippen LogP contribution in [-0.4, -0.2) is 16.8 Å². The van der Waals surface area contributed by atoms with E-state index in [4.69, 9.17) is 0 Å². The van der Waals surface area contributed by atoms with Gasteiger partial charge in [-0.05, 0) is 18.4 Å². The number of nitrogens with zero attached hydrogens (tertiary/aromatic N) is 1. The number of amidine groups is 1. The highest BCUT2D eigenvalue weighted by Gasteiger charge is 2.22. The summed E-state index contributed by atoms with van der Waals surface area (Å²) in [6, 6.07) is 10.3. The van der Waals surface area contributed by atoms with Crippen molar-refractivity contribution in [3.63, 3.8) is 0 Å². The van der Waals surface area contributed by atoms with Crippen LogP contribution < -0.4 is 5.32 Å². The van der Waals surface area contributed by atoms with Crippen molar-refractivity contribution in [2.75, 3.05) is 5.75 Å². The minimum atomic E-state index is -0.0192. The summed E-state index contributed by atoms with van der Waals surface area (Å²) < 4.78 is 0. The van der Waals surface area contributed by atoms with Crippen LogP contribution in [0.1, 0.15) is 24.4 Å². The van der Waals surface area contributed by atoms with Crippen LogP contribution in [0, 0.1) is 0 Å². The summed E-state index contributed by atoms with van der Waals surface area (Å²) in [6.45, 7) is 0. The fourth-order valence-corrected chi connectivity index (χ4v) is 3.21. The minimum Gasteiger partial charge on any atom is -0.302 e. The molecular weight excluding hydrogens is 268 g/mol. The van der Waals surface area contributed by atoms with Gasteiger partial charge < -0.3 is 5.32 Å². The third-order valence-corrected chi connectivity index (χ3v) is 4.32. The van der Waals surface area contributed by atoms with Gasteiger partial charge in [0.2, 0.25) is 0 Å². The van der Waals surface area contributed by atoms with E-state index in [9.17, 15) is 4.79 Å². The molecule has 3 rings (SSSR count). The van der Waals surface area contributed by atoms with Gasteiger partial charge >= 0.3 is 0 Å². The van der Waals surface area contributed by atoms with Gasteiger partial charge in [-0.15, -0.1) is 0 Å². The van der Waals surface area contributed by atoms with Gasteiger partial charge in [0.25, 0.3) is 5.91 Å². The Morgan fingerprint density at radius 2 is 2.15 bits per heavy atom. The molecule has 3 nitrogen and oxygen atoms in total. The summed E-state index contributed by atoms with van der Waals surface area (Å²) in [4.78, 5) is 16.7. The number of thioether (sulfide) groups is 1. The zero-order valence-electron chi connectivity index (χ0n) is 11.1. The zero-order valence-corrected chi connectivity index (χ0v) is 11.9. The fraction of sp³-hybridized carbons (Fsp3) is 0.250. The Morgan fingerprint density at radius 3 is 2.90 bits per heavy atom. The van der Waals surface area contributed by atoms with E-state index in [2.05, 4.69) is 28.5 Å². The molecule has 0 radical (unpaired) electrons. The van der Waals surface area contributed by atoms with E-state index < -0.39 is 0 Å². The van der Waals surface area contributed by atoms with Gasteiger partial charge in [0.15, 0.2) is 5.17 Å². The molecule has 4 heteroatoms. The maximum atomic E-state index is 12.1. The molecule has 0 saturated heterocycles. The molecule has 0 fully saturated rings. The molecular formula is C16H16N2OS. The Balaban J connectivity index is 1.66. The van der Waals surface area contributed by atoms with Crippen LogP contribution in [0.25, 0.3) is 0 Å². The van der Waals surface area contributed by atoms with Crippen molar-refractivity contribution >= 4 is 22.8 Å². The quantitative estimate of drug-likeness (QED) is 0.906. The molecule has 2 aliphatic rings. The van der Waals surface area contributed by atoms with E-state index in [0.717, 1.165) is 29.3 Å². The highest BCUT2D eigenvalue weighted by atomic mass is 32.2. The second kappa shape index (κ2) is 6.09. The third kappa shape index (κ3) is 3.02. The van der Waals surface area contributed by atoms with Crippen LogP contribution in [-0.2, 0) is 4.79 Å². The molecule has 0 saturated carbocycles. The molecule has 0 spiro atoms. The first-order valence-electron chi connectivity index (χ1n) is 6.75. The van der Waals surface area contributed by atoms with Gasteiger partial charge in [-0.2, -0.15) is 0 Å². The maximum Gasteiger partial charge on any atom is 0.253 e. The van der Waals surface area contributed by atoms with E-state index in [1.807, 2.05) is 30.4 Å². The fourth-order valence-electron chi connectivity index (χ4n) is 2.26. The molecule has 1 aromatic carbocycles. The van der Waals surface area contributed by atoms with E-state index in [0.29, 0.717) is 0 Å². The molecule has 1 aliphatic carbocycles. The van der Waals surface area contributed by atoms with Crippen molar-refractivity contribution in [2.45, 2.75) is 18.9 Å². The lowest BCUT2D eigenvalue weighted by Gasteiger charge is -2.08. The van der Waals surface area contributed by atoms with E-state index in [-0.39, 0.29) is 11.9 Å². The Morgan fingerprint density at radius 1 is 1.30 bits per heavy atom. The third-order valence-electron chi connectivity index (χ3n) is 3.36. The predicted octanol–water partition coefficient (Wildman–Crippen LogP) is 3.22. The summed E-state index contributed by atoms with van der Waals surface area (Å²) in [5.41, 5.74) is 2.03. The molecule has 0 bridgehead atoms. The summed E-state index contributed by atoms with van der Waals surface area (Å²) >= 11 is 1.61. The van der Waals surface area contributed by atoms with E-state index >= 15 is 0 Å². The zero-order chi connectivity index (χ0) is 13.8. The number of hydrogen-bond acceptors (Lipinski definition) is 3. The lowest BCUT2D eigenvalue weighted by Crippen LogP contribution is -2.29. The summed E-state index contributed by atoms with van der Waals surface area (Å²) in [6.07, 6.45) is 7.64. The Labute approximate surface area is 122 Å². The van der Waals surface area contributed by atoms with Crippen molar-refractivity contribution in [1.82, 2.24) is 5.32 Å². The molecule has 1 heterocycles. The van der Waals surface area contributed by atoms with Crippen molar-refractivity contribution in [3.05, 3.63) is 59.7 Å². The lowest BCUT2D eigenvalue weighted by molar-refractivity contribution is -0.116. The highest BCUT2D eigenvalue weighted by Crippen LogP contribution is 2.29. The molecule has 1 aliphatic heterocycles. The van der Waals surface area contributed by atoms with Crippen LogP contribution >= 0.6 is 11.8 Å². The average Bonchev–Trinajstić information content (AvgIpc) is 2.97. The summed E-state index contributed by atoms with van der Waals surface area (Å²) in [5, 5.41) is 3.66. The smallest absolute Gasteiger partial charge is 0.253 e. The first kappa shape index (κ1) is 13.2. The monoisotopic (exact) mass is 284 g/mol. The lowest BCUT2D eigenvalue weighted by atomic mass is 10.0. The summed E-state index contributed by atoms with van der Waals surface area (Å²) in [7, 11) is 0. The number of aliphatic imine (C=N–C) groups is 1. The molecule has 20 heavy (non-hydrogen) atoms. The van der Waals surface area contributed by atoms with Crippen molar-refractivity contribution < 1.29 is 4.79 Å². The first-order valence-corrected chi connectivity index (χ1v) is 7.74. The van der Waals surface area contributed by atoms with Gasteiger partial charge in [-0.25, -0.2) is 0 Å². The number of carbonyl (C=O) groups excluding carboxylic acids is 1. The van der Waals surface area contributed by atoms with Crippen molar-refractivity contribution in [3.8, 4) is 0 Å². The molecule has 1 N–H and O–H groups in total. The first-order chi connectivity index (χ1) is 9.83. The van der Waals surface area contributed by atoms with Crippen LogP contribution in [0.2, 0.25) is 0 Å². The number of hydrogen-bond donors (Lipinski definition) is 1. The topological polar surface area (TPSA) is 41.5 Å². The highest BCUT2D eigenvalue weighted by molar-refractivity contribution is 8.14. The van der Waals surface area contributed by atoms with Gasteiger partial charge in [0.05, 0.1) is 6.04 Å². The van der Waals surface area contributed by atoms with Crippen LogP contribution in [0.5, 0.6) is 0 Å². The molecule has 102 valence electrons. The van der Waals surface area contributed by atoms with Crippen LogP contribution in [0.15, 0.2) is 59.1 Å². The Kier molecular flexibility index (Phi) is 4.02. The maximum absolute atomic E-state index is 12.1. The standard InChI is InChI=1S/C16H16N2OS/c19-15(13-9-5-2-6-10-13)18-16-17-14(11-20-16)12-7-3-1-4-8-12/h1-5,7-9,14H,6,10-11H2,(H,17,18,19). The second-order valence-electron chi connectivity index (χ2n) is 4.78. The van der Waals surface area contributed by atoms with Crippen molar-refractivity contribution in [1.29, 1.82) is 0 Å². The number of carbonyl (C=O) groups is 1. The Bertz CT molecular complexity index is 590. The SMILES string of the molecule is O=C(NC1=NC(c2ccccc2)CS1)C1=CC=CCC1. The normalized spacial score (nSPS) is 21.3. The molecule has 1 atom stereocenters. The number of allylic oxidation sites excluding steroid dienone is 3. The number of amides is 1. The van der Waals surface area contributed by atoms with Gasteiger partial charge in [-0.1, -0.05) is 60.3 Å². The Hall–Kier alpha value is -1.81. The van der Waals surface area contributed by atoms with Gasteiger partial charge in [-0.3, -0.25) is 9.79 Å². The second-order valence-corrected chi connectivity index (χ2v) is 5.79. The van der Waals surface area contributed by atoms with Gasteiger partial charge in [0.1, 0.15) is 0 Å². The van der Waals surface area contributed by atoms with Crippen LogP contribution in [0.3, 0.4) is 0 Å². The number of benzene rings is 1. The number of rotatable bonds is 2. The van der Waals surface area contributed by atoms with E-state index in [1.165, 1.54) is 5.56 Å². The molecule has 1 unspecified atom stereocenters. The van der Waals surface area contributed by atoms with Crippen LogP contribution in [0.4, 0.5) is 0 Å². The average molecular weight is 284 g/mol. The van der Waals surface area contributed by atoms with Gasteiger partial charge in [0, 0.05) is 11.3 Å². The van der Waals surface area contributed by atoms with E-state index in [1.54, 1.807) is 11.8 Å². The largest absolute Gasteiger partial charge is 0.302 e. The minimum absolute atomic E-state index is 0.0192. The molecule has 0 aromatic heterocycles. The van der Waals surface area contributed by atoms with Crippen molar-refractivity contribution in [2.24, 2.45) is 4.99 Å². The number of nitrogens with one attached hydrogen (secondary N) is 1. The predicted molar refractivity (Wildman–Crippen MR) is 83.7 cm³/mol. The summed E-state index contributed by atoms with van der Waals surface area (Å²) in [5.74, 6) is 0.868. The molecule has 1 amide bonds.